The molecule has 0 spiro atoms. The van der Waals surface area contributed by atoms with Gasteiger partial charge in [0.15, 0.2) is 5.79 Å². The zero-order chi connectivity index (χ0) is 13.0. The van der Waals surface area contributed by atoms with Gasteiger partial charge in [0, 0.05) is 13.2 Å². The van der Waals surface area contributed by atoms with Crippen LogP contribution in [-0.4, -0.2) is 19.0 Å². The molecule has 104 valence electrons. The Labute approximate surface area is 108 Å². The van der Waals surface area contributed by atoms with Crippen LogP contribution in [0.5, 0.6) is 0 Å². The molecule has 0 saturated heterocycles. The van der Waals surface area contributed by atoms with Crippen molar-refractivity contribution in [3.8, 4) is 0 Å². The van der Waals surface area contributed by atoms with Crippen LogP contribution >= 0.6 is 0 Å². The molecular weight excluding hydrogens is 212 g/mol. The Balaban J connectivity index is 3.38. The van der Waals surface area contributed by atoms with Crippen molar-refractivity contribution in [3.05, 3.63) is 0 Å². The Morgan fingerprint density at radius 2 is 1.06 bits per heavy atom. The smallest absolute Gasteiger partial charge is 0.162 e. The Kier molecular flexibility index (Phi) is 11.0. The van der Waals surface area contributed by atoms with Gasteiger partial charge < -0.3 is 9.47 Å². The number of rotatable bonds is 12. The minimum atomic E-state index is -0.404. The Bertz CT molecular complexity index is 139. The number of hydrogen-bond donors (Lipinski definition) is 0. The molecule has 0 atom stereocenters. The van der Waals surface area contributed by atoms with E-state index in [4.69, 9.17) is 9.47 Å². The van der Waals surface area contributed by atoms with Crippen molar-refractivity contribution >= 4 is 0 Å². The molecule has 0 aliphatic carbocycles. The van der Waals surface area contributed by atoms with E-state index in [9.17, 15) is 0 Å². The molecule has 0 unspecified atom stereocenters. The molecule has 0 heterocycles. The first-order valence-electron chi connectivity index (χ1n) is 7.40. The number of ether oxygens (including phenoxy) is 2. The summed E-state index contributed by atoms with van der Waals surface area (Å²) in [4.78, 5) is 0. The molecule has 2 heteroatoms. The van der Waals surface area contributed by atoms with Gasteiger partial charge in [-0.1, -0.05) is 52.4 Å². The lowest BCUT2D eigenvalue weighted by molar-refractivity contribution is -0.214. The van der Waals surface area contributed by atoms with Crippen LogP contribution in [0.25, 0.3) is 0 Å². The molecule has 0 bridgehead atoms. The van der Waals surface area contributed by atoms with Gasteiger partial charge in [-0.15, -0.1) is 0 Å². The predicted octanol–water partition coefficient (Wildman–Crippen LogP) is 4.92. The van der Waals surface area contributed by atoms with Crippen LogP contribution in [0.2, 0.25) is 0 Å². The number of hydrogen-bond acceptors (Lipinski definition) is 2. The fraction of sp³-hybridized carbons (Fsp3) is 1.00. The van der Waals surface area contributed by atoms with Crippen molar-refractivity contribution in [2.75, 3.05) is 13.2 Å². The molecule has 0 rings (SSSR count). The van der Waals surface area contributed by atoms with Gasteiger partial charge in [0.05, 0.1) is 0 Å². The summed E-state index contributed by atoms with van der Waals surface area (Å²) >= 11 is 0. The van der Waals surface area contributed by atoms with Crippen molar-refractivity contribution in [1.29, 1.82) is 0 Å². The Hall–Kier alpha value is -0.0800. The van der Waals surface area contributed by atoms with E-state index in [0.717, 1.165) is 26.1 Å². The number of unbranched alkanes of at least 4 members (excludes halogenated alkanes) is 6. The summed E-state index contributed by atoms with van der Waals surface area (Å²) < 4.78 is 11.5. The van der Waals surface area contributed by atoms with E-state index >= 15 is 0 Å². The van der Waals surface area contributed by atoms with Crippen LogP contribution in [0.4, 0.5) is 0 Å². The van der Waals surface area contributed by atoms with E-state index in [1.807, 2.05) is 13.8 Å². The molecule has 0 aromatic rings. The van der Waals surface area contributed by atoms with Gasteiger partial charge in [-0.05, 0) is 26.7 Å². The van der Waals surface area contributed by atoms with E-state index in [0.29, 0.717) is 0 Å². The highest BCUT2D eigenvalue weighted by Crippen LogP contribution is 2.14. The second kappa shape index (κ2) is 11.0. The van der Waals surface area contributed by atoms with E-state index in [1.165, 1.54) is 38.5 Å². The molecule has 0 saturated carbocycles. The maximum absolute atomic E-state index is 5.76. The second-order valence-corrected chi connectivity index (χ2v) is 5.22. The van der Waals surface area contributed by atoms with Crippen molar-refractivity contribution in [1.82, 2.24) is 0 Å². The van der Waals surface area contributed by atoms with Crippen LogP contribution in [0, 0.1) is 0 Å². The molecule has 2 nitrogen and oxygen atoms in total. The summed E-state index contributed by atoms with van der Waals surface area (Å²) in [5, 5.41) is 0. The minimum absolute atomic E-state index is 0.404. The lowest BCUT2D eigenvalue weighted by atomic mass is 10.2. The van der Waals surface area contributed by atoms with Gasteiger partial charge in [0.25, 0.3) is 0 Å². The van der Waals surface area contributed by atoms with Crippen LogP contribution in [0.15, 0.2) is 0 Å². The molecule has 0 N–H and O–H groups in total. The maximum atomic E-state index is 5.76. The highest BCUT2D eigenvalue weighted by atomic mass is 16.7. The van der Waals surface area contributed by atoms with Gasteiger partial charge in [0.2, 0.25) is 0 Å². The Morgan fingerprint density at radius 3 is 1.41 bits per heavy atom. The van der Waals surface area contributed by atoms with Gasteiger partial charge >= 0.3 is 0 Å². The standard InChI is InChI=1S/C15H32O2/c1-5-7-9-11-13-16-15(3,4)17-14-12-10-8-6-2/h5-14H2,1-4H3. The van der Waals surface area contributed by atoms with E-state index in [1.54, 1.807) is 0 Å². The molecular formula is C15H32O2. The van der Waals surface area contributed by atoms with E-state index in [2.05, 4.69) is 13.8 Å². The van der Waals surface area contributed by atoms with Crippen LogP contribution in [-0.2, 0) is 9.47 Å². The summed E-state index contributed by atoms with van der Waals surface area (Å²) in [5.74, 6) is -0.404. The summed E-state index contributed by atoms with van der Waals surface area (Å²) in [6, 6.07) is 0. The van der Waals surface area contributed by atoms with E-state index in [-0.39, 0.29) is 0 Å². The second-order valence-electron chi connectivity index (χ2n) is 5.22. The summed E-state index contributed by atoms with van der Waals surface area (Å²) in [6.07, 6.45) is 10.00. The van der Waals surface area contributed by atoms with Crippen molar-refractivity contribution < 1.29 is 9.47 Å². The minimum Gasteiger partial charge on any atom is -0.351 e. The van der Waals surface area contributed by atoms with E-state index < -0.39 is 5.79 Å². The molecule has 0 amide bonds. The van der Waals surface area contributed by atoms with Gasteiger partial charge in [-0.3, -0.25) is 0 Å². The van der Waals surface area contributed by atoms with Crippen LogP contribution < -0.4 is 0 Å². The average Bonchev–Trinajstić information content (AvgIpc) is 2.28. The third-order valence-corrected chi connectivity index (χ3v) is 2.90. The highest BCUT2D eigenvalue weighted by molar-refractivity contribution is 4.54. The highest BCUT2D eigenvalue weighted by Gasteiger charge is 2.17. The quantitative estimate of drug-likeness (QED) is 0.358. The molecule has 17 heavy (non-hydrogen) atoms. The molecule has 0 aromatic heterocycles. The van der Waals surface area contributed by atoms with Crippen molar-refractivity contribution in [2.45, 2.75) is 84.8 Å². The molecule has 0 aliphatic heterocycles. The lowest BCUT2D eigenvalue weighted by Crippen LogP contribution is -2.29. The molecule has 0 fully saturated rings. The topological polar surface area (TPSA) is 18.5 Å². The largest absolute Gasteiger partial charge is 0.351 e. The van der Waals surface area contributed by atoms with Crippen molar-refractivity contribution in [3.63, 3.8) is 0 Å². The SMILES string of the molecule is CCCCCCOC(C)(C)OCCCCCC. The third-order valence-electron chi connectivity index (χ3n) is 2.90. The molecule has 0 aromatic carbocycles. The summed E-state index contributed by atoms with van der Waals surface area (Å²) in [7, 11) is 0. The third kappa shape index (κ3) is 12.2. The monoisotopic (exact) mass is 244 g/mol. The van der Waals surface area contributed by atoms with Gasteiger partial charge in [-0.2, -0.15) is 0 Å². The van der Waals surface area contributed by atoms with Crippen LogP contribution in [0.1, 0.15) is 79.1 Å². The lowest BCUT2D eigenvalue weighted by Gasteiger charge is -2.25. The summed E-state index contributed by atoms with van der Waals surface area (Å²) in [5.41, 5.74) is 0. The zero-order valence-electron chi connectivity index (χ0n) is 12.4. The zero-order valence-corrected chi connectivity index (χ0v) is 12.4. The fourth-order valence-corrected chi connectivity index (χ4v) is 1.74. The van der Waals surface area contributed by atoms with Gasteiger partial charge in [-0.25, -0.2) is 0 Å². The van der Waals surface area contributed by atoms with Crippen molar-refractivity contribution in [2.24, 2.45) is 0 Å². The first kappa shape index (κ1) is 16.9. The molecule has 0 radical (unpaired) electrons. The Morgan fingerprint density at radius 1 is 0.647 bits per heavy atom. The fourth-order valence-electron chi connectivity index (χ4n) is 1.74. The maximum Gasteiger partial charge on any atom is 0.162 e. The normalized spacial score (nSPS) is 12.0. The summed E-state index contributed by atoms with van der Waals surface area (Å²) in [6.45, 7) is 10.1. The van der Waals surface area contributed by atoms with Crippen LogP contribution in [0.3, 0.4) is 0 Å². The predicted molar refractivity (Wildman–Crippen MR) is 74.3 cm³/mol. The average molecular weight is 244 g/mol. The first-order valence-corrected chi connectivity index (χ1v) is 7.40. The van der Waals surface area contributed by atoms with Gasteiger partial charge in [0.1, 0.15) is 0 Å². The molecule has 0 aliphatic rings. The first-order chi connectivity index (χ1) is 8.12.